The summed E-state index contributed by atoms with van der Waals surface area (Å²) in [5.74, 6) is -0.862. The Balaban J connectivity index is 2.02. The highest BCUT2D eigenvalue weighted by molar-refractivity contribution is 6.02. The number of nitrogens with zero attached hydrogens (tertiary/aromatic N) is 2. The van der Waals surface area contributed by atoms with Crippen LogP contribution in [0, 0.1) is 11.3 Å². The van der Waals surface area contributed by atoms with Crippen LogP contribution in [0.2, 0.25) is 0 Å². The van der Waals surface area contributed by atoms with Gasteiger partial charge in [-0.2, -0.15) is 5.26 Å². The zero-order valence-electron chi connectivity index (χ0n) is 17.2. The molecule has 0 spiro atoms. The van der Waals surface area contributed by atoms with Crippen molar-refractivity contribution in [3.8, 4) is 11.8 Å². The molecule has 0 fully saturated rings. The van der Waals surface area contributed by atoms with Crippen LogP contribution in [0.25, 0.3) is 10.9 Å². The Hall–Kier alpha value is -2.81. The number of nitriles is 1. The van der Waals surface area contributed by atoms with E-state index in [4.69, 9.17) is 5.26 Å². The molecule has 6 nitrogen and oxygen atoms in total. The minimum absolute atomic E-state index is 0.147. The highest BCUT2D eigenvalue weighted by Crippen LogP contribution is 2.26. The van der Waals surface area contributed by atoms with Crippen molar-refractivity contribution in [2.45, 2.75) is 71.3 Å². The van der Waals surface area contributed by atoms with Gasteiger partial charge in [-0.25, -0.2) is 0 Å². The Bertz CT molecular complexity index is 912. The van der Waals surface area contributed by atoms with E-state index in [2.05, 4.69) is 12.2 Å². The van der Waals surface area contributed by atoms with Gasteiger partial charge in [0.15, 0.2) is 0 Å². The number of pyridine rings is 1. The van der Waals surface area contributed by atoms with Gasteiger partial charge in [0.1, 0.15) is 11.3 Å². The van der Waals surface area contributed by atoms with Gasteiger partial charge in [0.05, 0.1) is 18.0 Å². The summed E-state index contributed by atoms with van der Waals surface area (Å²) in [4.78, 5) is 25.5. The Kier molecular flexibility index (Phi) is 9.23. The van der Waals surface area contributed by atoms with Crippen molar-refractivity contribution < 1.29 is 9.90 Å². The van der Waals surface area contributed by atoms with E-state index in [1.165, 1.54) is 36.7 Å². The molecule has 1 aromatic heterocycles. The number of rotatable bonds is 12. The molecule has 0 aliphatic carbocycles. The molecule has 0 saturated carbocycles. The van der Waals surface area contributed by atoms with Crippen molar-refractivity contribution in [1.82, 2.24) is 9.88 Å². The molecule has 1 aromatic carbocycles. The largest absolute Gasteiger partial charge is 0.506 e. The van der Waals surface area contributed by atoms with Crippen LogP contribution in [-0.4, -0.2) is 22.1 Å². The maximum Gasteiger partial charge on any atom is 0.267 e. The first-order chi connectivity index (χ1) is 14.1. The SMILES string of the molecule is CCCCCCCCCCNC(=O)c1c(O)c2ccccc2n(CCC#N)c1=O. The summed E-state index contributed by atoms with van der Waals surface area (Å²) in [6.45, 7) is 2.85. The third-order valence-electron chi connectivity index (χ3n) is 5.14. The monoisotopic (exact) mass is 397 g/mol. The van der Waals surface area contributed by atoms with Crippen LogP contribution in [0.15, 0.2) is 29.1 Å². The number of nitrogens with one attached hydrogen (secondary N) is 1. The molecule has 6 heteroatoms. The van der Waals surface area contributed by atoms with Crippen LogP contribution in [0.1, 0.15) is 75.1 Å². The number of amides is 1. The van der Waals surface area contributed by atoms with Crippen molar-refractivity contribution in [2.75, 3.05) is 6.54 Å². The zero-order chi connectivity index (χ0) is 21.1. The predicted octanol–water partition coefficient (Wildman–Crippen LogP) is 4.49. The van der Waals surface area contributed by atoms with Crippen molar-refractivity contribution in [1.29, 1.82) is 5.26 Å². The van der Waals surface area contributed by atoms with E-state index >= 15 is 0 Å². The minimum atomic E-state index is -0.565. The number of carbonyl (C=O) groups excluding carboxylic acids is 1. The fourth-order valence-corrected chi connectivity index (χ4v) is 3.53. The second-order valence-electron chi connectivity index (χ2n) is 7.34. The normalized spacial score (nSPS) is 10.8. The molecular formula is C23H31N3O3. The van der Waals surface area contributed by atoms with Crippen molar-refractivity contribution in [3.05, 3.63) is 40.2 Å². The van der Waals surface area contributed by atoms with Crippen LogP contribution >= 0.6 is 0 Å². The quantitative estimate of drug-likeness (QED) is 0.516. The lowest BCUT2D eigenvalue weighted by molar-refractivity contribution is 0.0948. The number of unbranched alkanes of at least 4 members (excludes halogenated alkanes) is 7. The molecule has 0 aliphatic rings. The number of aryl methyl sites for hydroxylation is 1. The molecule has 0 atom stereocenters. The summed E-state index contributed by atoms with van der Waals surface area (Å²) in [6, 6.07) is 8.89. The lowest BCUT2D eigenvalue weighted by Crippen LogP contribution is -2.34. The number of benzene rings is 1. The van der Waals surface area contributed by atoms with Crippen molar-refractivity contribution >= 4 is 16.8 Å². The number of hydrogen-bond acceptors (Lipinski definition) is 4. The van der Waals surface area contributed by atoms with Gasteiger partial charge >= 0.3 is 0 Å². The lowest BCUT2D eigenvalue weighted by Gasteiger charge is -2.14. The van der Waals surface area contributed by atoms with Crippen molar-refractivity contribution in [3.63, 3.8) is 0 Å². The molecule has 2 N–H and O–H groups in total. The van der Waals surface area contributed by atoms with Gasteiger partial charge in [0, 0.05) is 18.5 Å². The standard InChI is InChI=1S/C23H31N3O3/c1-2-3-4-5-6-7-8-11-16-25-22(28)20-21(27)18-13-9-10-14-19(18)26(23(20)29)17-12-15-24/h9-10,13-14,27H,2-8,11-12,16-17H2,1H3,(H,25,28). The van der Waals surface area contributed by atoms with Crippen LogP contribution in [0.4, 0.5) is 0 Å². The highest BCUT2D eigenvalue weighted by atomic mass is 16.3. The number of aromatic hydroxyl groups is 1. The summed E-state index contributed by atoms with van der Waals surface area (Å²) >= 11 is 0. The molecule has 0 radical (unpaired) electrons. The first kappa shape index (κ1) is 22.5. The average molecular weight is 398 g/mol. The molecule has 29 heavy (non-hydrogen) atoms. The molecule has 0 saturated heterocycles. The van der Waals surface area contributed by atoms with Crippen LogP contribution in [-0.2, 0) is 6.54 Å². The zero-order valence-corrected chi connectivity index (χ0v) is 17.2. The maximum atomic E-state index is 12.8. The van der Waals surface area contributed by atoms with Gasteiger partial charge < -0.3 is 15.0 Å². The number of fused-ring (bicyclic) bond motifs is 1. The summed E-state index contributed by atoms with van der Waals surface area (Å²) in [5, 5.41) is 22.6. The molecule has 156 valence electrons. The highest BCUT2D eigenvalue weighted by Gasteiger charge is 2.21. The number of aromatic nitrogens is 1. The third kappa shape index (κ3) is 6.08. The van der Waals surface area contributed by atoms with Crippen LogP contribution in [0.3, 0.4) is 0 Å². The summed E-state index contributed by atoms with van der Waals surface area (Å²) in [5.41, 5.74) is -0.295. The Morgan fingerprint density at radius 3 is 2.45 bits per heavy atom. The smallest absolute Gasteiger partial charge is 0.267 e. The topological polar surface area (TPSA) is 95.1 Å². The van der Waals surface area contributed by atoms with Gasteiger partial charge in [-0.1, -0.05) is 64.0 Å². The molecule has 0 unspecified atom stereocenters. The van der Waals surface area contributed by atoms with Crippen LogP contribution in [0.5, 0.6) is 5.75 Å². The number of carbonyl (C=O) groups is 1. The predicted molar refractivity (Wildman–Crippen MR) is 115 cm³/mol. The Morgan fingerprint density at radius 2 is 1.76 bits per heavy atom. The molecule has 2 aromatic rings. The van der Waals surface area contributed by atoms with E-state index in [0.717, 1.165) is 19.3 Å². The Morgan fingerprint density at radius 1 is 1.10 bits per heavy atom. The molecule has 0 bridgehead atoms. The molecule has 1 heterocycles. The van der Waals surface area contributed by atoms with E-state index in [1.807, 2.05) is 6.07 Å². The molecule has 1 amide bonds. The maximum absolute atomic E-state index is 12.8. The molecule has 2 rings (SSSR count). The van der Waals surface area contributed by atoms with E-state index in [9.17, 15) is 14.7 Å². The first-order valence-electron chi connectivity index (χ1n) is 10.6. The van der Waals surface area contributed by atoms with Gasteiger partial charge in [-0.3, -0.25) is 9.59 Å². The van der Waals surface area contributed by atoms with Gasteiger partial charge in [-0.15, -0.1) is 0 Å². The second kappa shape index (κ2) is 11.9. The van der Waals surface area contributed by atoms with Gasteiger partial charge in [-0.05, 0) is 18.6 Å². The molecular weight excluding hydrogens is 366 g/mol. The number of hydrogen-bond donors (Lipinski definition) is 2. The van der Waals surface area contributed by atoms with E-state index in [-0.39, 0.29) is 24.3 Å². The van der Waals surface area contributed by atoms with Crippen LogP contribution < -0.4 is 10.9 Å². The second-order valence-corrected chi connectivity index (χ2v) is 7.34. The average Bonchev–Trinajstić information content (AvgIpc) is 2.72. The summed E-state index contributed by atoms with van der Waals surface area (Å²) in [6.07, 6.45) is 9.45. The summed E-state index contributed by atoms with van der Waals surface area (Å²) in [7, 11) is 0. The van der Waals surface area contributed by atoms with Gasteiger partial charge in [0.2, 0.25) is 0 Å². The van der Waals surface area contributed by atoms with E-state index in [0.29, 0.717) is 17.4 Å². The summed E-state index contributed by atoms with van der Waals surface area (Å²) < 4.78 is 1.39. The fourth-order valence-electron chi connectivity index (χ4n) is 3.53. The number of para-hydroxylation sites is 1. The first-order valence-corrected chi connectivity index (χ1v) is 10.6. The molecule has 0 aliphatic heterocycles. The Labute approximate surface area is 172 Å². The minimum Gasteiger partial charge on any atom is -0.506 e. The lowest BCUT2D eigenvalue weighted by atomic mass is 10.1. The van der Waals surface area contributed by atoms with E-state index < -0.39 is 11.5 Å². The van der Waals surface area contributed by atoms with Gasteiger partial charge in [0.25, 0.3) is 11.5 Å². The van der Waals surface area contributed by atoms with E-state index in [1.54, 1.807) is 24.3 Å². The van der Waals surface area contributed by atoms with Crippen molar-refractivity contribution in [2.24, 2.45) is 0 Å². The third-order valence-corrected chi connectivity index (χ3v) is 5.14. The fraction of sp³-hybridized carbons (Fsp3) is 0.522.